The molecule has 1 radical (unpaired) electrons. The standard InChI is InChI=1S/C42H55N4.Ir/c1-7-9-11-13-15-19-27-42(28-20-16-14-12-10-8-2)36-22-18-17-21-34(36)35-25-23-32(29-37(35)42)38-26-24-33(30-43-38)39-44-31(3)45-40(46-39)41(4,5)6;/h17-18,21-22,24-26,29-30H,7-16,19-20,27-28H2,1-6H3;/q-1;. The Balaban J connectivity index is 0.00000500. The topological polar surface area (TPSA) is 51.6 Å². The van der Waals surface area contributed by atoms with Gasteiger partial charge in [0.15, 0.2) is 5.82 Å². The van der Waals surface area contributed by atoms with Crippen LogP contribution >= 0.6 is 0 Å². The van der Waals surface area contributed by atoms with E-state index in [1.54, 1.807) is 0 Å². The van der Waals surface area contributed by atoms with E-state index in [1.807, 2.05) is 13.1 Å². The van der Waals surface area contributed by atoms with Crippen LogP contribution in [0.4, 0.5) is 0 Å². The van der Waals surface area contributed by atoms with E-state index >= 15 is 0 Å². The van der Waals surface area contributed by atoms with Gasteiger partial charge in [0.2, 0.25) is 0 Å². The fourth-order valence-electron chi connectivity index (χ4n) is 7.25. The minimum Gasteiger partial charge on any atom is -0.304 e. The molecule has 1 aliphatic carbocycles. The van der Waals surface area contributed by atoms with Gasteiger partial charge in [-0.1, -0.05) is 159 Å². The monoisotopic (exact) mass is 808 g/mol. The van der Waals surface area contributed by atoms with E-state index in [1.165, 1.54) is 112 Å². The summed E-state index contributed by atoms with van der Waals surface area (Å²) in [5.74, 6) is 2.22. The van der Waals surface area contributed by atoms with Crippen molar-refractivity contribution < 1.29 is 20.1 Å². The zero-order chi connectivity index (χ0) is 32.6. The number of rotatable bonds is 16. The number of aryl methyl sites for hydroxylation is 1. The molecule has 0 amide bonds. The van der Waals surface area contributed by atoms with Crippen LogP contribution in [0, 0.1) is 13.0 Å². The molecule has 0 N–H and O–H groups in total. The quantitative estimate of drug-likeness (QED) is 0.0836. The summed E-state index contributed by atoms with van der Waals surface area (Å²) in [7, 11) is 0. The van der Waals surface area contributed by atoms with E-state index in [9.17, 15) is 0 Å². The number of fused-ring (bicyclic) bond motifs is 3. The zero-order valence-electron chi connectivity index (χ0n) is 29.7. The van der Waals surface area contributed by atoms with Crippen molar-refractivity contribution in [2.45, 2.75) is 142 Å². The molecule has 4 nitrogen and oxygen atoms in total. The van der Waals surface area contributed by atoms with E-state index in [2.05, 4.69) is 99.2 Å². The van der Waals surface area contributed by atoms with Crippen LogP contribution in [0.5, 0.6) is 0 Å². The van der Waals surface area contributed by atoms with Crippen molar-refractivity contribution in [3.63, 3.8) is 0 Å². The van der Waals surface area contributed by atoms with Crippen LogP contribution in [-0.4, -0.2) is 19.9 Å². The van der Waals surface area contributed by atoms with Gasteiger partial charge in [0.1, 0.15) is 11.6 Å². The molecule has 0 aliphatic heterocycles. The Morgan fingerprint density at radius 2 is 1.34 bits per heavy atom. The molecular weight excluding hydrogens is 753 g/mol. The fraction of sp³-hybridized carbons (Fsp3) is 0.524. The second-order valence-corrected chi connectivity index (χ2v) is 14.5. The summed E-state index contributed by atoms with van der Waals surface area (Å²) in [5, 5.41) is 0. The van der Waals surface area contributed by atoms with Crippen LogP contribution < -0.4 is 0 Å². The molecule has 0 bridgehead atoms. The van der Waals surface area contributed by atoms with Crippen molar-refractivity contribution >= 4 is 0 Å². The second kappa shape index (κ2) is 17.1. The van der Waals surface area contributed by atoms with Gasteiger partial charge in [-0.25, -0.2) is 15.0 Å². The molecule has 5 heteroatoms. The van der Waals surface area contributed by atoms with Gasteiger partial charge in [0.05, 0.1) is 0 Å². The van der Waals surface area contributed by atoms with Crippen molar-refractivity contribution in [3.05, 3.63) is 83.6 Å². The minimum atomic E-state index is -0.149. The second-order valence-electron chi connectivity index (χ2n) is 14.5. The van der Waals surface area contributed by atoms with Gasteiger partial charge in [-0.3, -0.25) is 0 Å². The van der Waals surface area contributed by atoms with Crippen molar-refractivity contribution in [3.8, 4) is 33.8 Å². The molecule has 4 aromatic rings. The largest absolute Gasteiger partial charge is 0.304 e. The summed E-state index contributed by atoms with van der Waals surface area (Å²) in [6.07, 6.45) is 20.2. The molecule has 5 rings (SSSR count). The van der Waals surface area contributed by atoms with E-state index < -0.39 is 0 Å². The number of nitrogens with zero attached hydrogens (tertiary/aromatic N) is 4. The number of pyridine rings is 1. The third-order valence-electron chi connectivity index (χ3n) is 9.83. The Morgan fingerprint density at radius 1 is 0.702 bits per heavy atom. The predicted octanol–water partition coefficient (Wildman–Crippen LogP) is 11.8. The molecular formula is C42H55IrN4-. The van der Waals surface area contributed by atoms with Gasteiger partial charge in [-0.05, 0) is 31.0 Å². The molecule has 0 atom stereocenters. The average molecular weight is 808 g/mol. The van der Waals surface area contributed by atoms with Gasteiger partial charge in [-0.2, -0.15) is 0 Å². The van der Waals surface area contributed by atoms with Crippen LogP contribution in [0.15, 0.2) is 54.7 Å². The molecule has 253 valence electrons. The Kier molecular flexibility index (Phi) is 13.5. The Hall–Kier alpha value is -2.75. The molecule has 0 saturated carbocycles. The first-order valence-electron chi connectivity index (χ1n) is 18.1. The molecule has 0 fully saturated rings. The maximum absolute atomic E-state index is 4.95. The molecule has 0 spiro atoms. The van der Waals surface area contributed by atoms with Gasteiger partial charge in [0.25, 0.3) is 0 Å². The van der Waals surface area contributed by atoms with E-state index in [0.29, 0.717) is 5.82 Å². The first kappa shape index (κ1) is 37.1. The van der Waals surface area contributed by atoms with Crippen molar-refractivity contribution in [2.24, 2.45) is 0 Å². The summed E-state index contributed by atoms with van der Waals surface area (Å²) in [4.78, 5) is 19.0. The number of hydrogen-bond donors (Lipinski definition) is 0. The SMILES string of the molecule is CCCCCCCCC1(CCCCCCCC)c2ccccc2-c2c[c-]c(-c3ccc(-c4nc(C)nc(C(C)(C)C)n4)cn3)cc21.[Ir]. The smallest absolute Gasteiger partial charge is 0.164 e. The summed E-state index contributed by atoms with van der Waals surface area (Å²) < 4.78 is 0. The Morgan fingerprint density at radius 3 is 1.96 bits per heavy atom. The van der Waals surface area contributed by atoms with Gasteiger partial charge >= 0.3 is 0 Å². The summed E-state index contributed by atoms with van der Waals surface area (Å²) in [6.45, 7) is 12.9. The van der Waals surface area contributed by atoms with Crippen LogP contribution in [0.25, 0.3) is 33.8 Å². The van der Waals surface area contributed by atoms with E-state index in [-0.39, 0.29) is 30.9 Å². The van der Waals surface area contributed by atoms with Crippen LogP contribution in [0.1, 0.15) is 147 Å². The van der Waals surface area contributed by atoms with E-state index in [4.69, 9.17) is 9.97 Å². The number of benzene rings is 2. The molecule has 1 aliphatic rings. The Bertz CT molecular complexity index is 1550. The molecule has 0 unspecified atom stereocenters. The van der Waals surface area contributed by atoms with Gasteiger partial charge in [-0.15, -0.1) is 29.3 Å². The number of unbranched alkanes of at least 4 members (excludes halogenated alkanes) is 10. The maximum atomic E-state index is 4.95. The van der Waals surface area contributed by atoms with Crippen molar-refractivity contribution in [1.29, 1.82) is 0 Å². The Labute approximate surface area is 298 Å². The first-order valence-corrected chi connectivity index (χ1v) is 18.1. The predicted molar refractivity (Wildman–Crippen MR) is 193 cm³/mol. The van der Waals surface area contributed by atoms with Gasteiger partial charge < -0.3 is 4.98 Å². The fourth-order valence-corrected chi connectivity index (χ4v) is 7.25. The third-order valence-corrected chi connectivity index (χ3v) is 9.83. The van der Waals surface area contributed by atoms with Crippen molar-refractivity contribution in [2.75, 3.05) is 0 Å². The van der Waals surface area contributed by atoms with Crippen LogP contribution in [-0.2, 0) is 30.9 Å². The zero-order valence-corrected chi connectivity index (χ0v) is 32.1. The van der Waals surface area contributed by atoms with Gasteiger partial charge in [0, 0.05) is 42.7 Å². The number of aromatic nitrogens is 4. The van der Waals surface area contributed by atoms with Crippen molar-refractivity contribution in [1.82, 2.24) is 19.9 Å². The maximum Gasteiger partial charge on any atom is 0.164 e. The molecule has 2 aromatic carbocycles. The molecule has 2 aromatic heterocycles. The summed E-state index contributed by atoms with van der Waals surface area (Å²) >= 11 is 0. The third kappa shape index (κ3) is 8.84. The average Bonchev–Trinajstić information content (AvgIpc) is 3.33. The summed E-state index contributed by atoms with van der Waals surface area (Å²) in [6, 6.07) is 21.7. The molecule has 2 heterocycles. The van der Waals surface area contributed by atoms with Crippen LogP contribution in [0.3, 0.4) is 0 Å². The minimum absolute atomic E-state index is 0. The van der Waals surface area contributed by atoms with E-state index in [0.717, 1.165) is 28.5 Å². The molecule has 47 heavy (non-hydrogen) atoms. The summed E-state index contributed by atoms with van der Waals surface area (Å²) in [5.41, 5.74) is 8.60. The normalized spacial score (nSPS) is 13.2. The first-order chi connectivity index (χ1) is 22.3. The van der Waals surface area contributed by atoms with Crippen LogP contribution in [0.2, 0.25) is 0 Å². The number of hydrogen-bond acceptors (Lipinski definition) is 4. The molecule has 0 saturated heterocycles.